The van der Waals surface area contributed by atoms with Gasteiger partial charge in [-0.15, -0.1) is 0 Å². The second kappa shape index (κ2) is 5.45. The number of carbonyl (C=O) groups excluding carboxylic acids is 1. The largest absolute Gasteiger partial charge is 0.465 e. The van der Waals surface area contributed by atoms with Gasteiger partial charge in [0, 0.05) is 5.02 Å². The predicted molar refractivity (Wildman–Crippen MR) is 74.0 cm³/mol. The van der Waals surface area contributed by atoms with Crippen molar-refractivity contribution in [2.24, 2.45) is 0 Å². The molecule has 0 radical (unpaired) electrons. The van der Waals surface area contributed by atoms with E-state index in [-0.39, 0.29) is 11.9 Å². The third-order valence-electron chi connectivity index (χ3n) is 2.83. The van der Waals surface area contributed by atoms with Crippen LogP contribution in [-0.4, -0.2) is 22.9 Å². The van der Waals surface area contributed by atoms with E-state index < -0.39 is 0 Å². The van der Waals surface area contributed by atoms with Crippen molar-refractivity contribution >= 4 is 17.6 Å². The molecule has 0 aliphatic heterocycles. The van der Waals surface area contributed by atoms with Crippen molar-refractivity contribution in [1.29, 1.82) is 0 Å². The summed E-state index contributed by atoms with van der Waals surface area (Å²) in [4.78, 5) is 11.7. The molecule has 0 saturated carbocycles. The van der Waals surface area contributed by atoms with E-state index in [0.29, 0.717) is 10.6 Å². The number of rotatable bonds is 3. The molecule has 1 aromatic carbocycles. The van der Waals surface area contributed by atoms with Crippen molar-refractivity contribution in [3.8, 4) is 5.69 Å². The second-order valence-corrected chi connectivity index (χ2v) is 4.91. The Morgan fingerprint density at radius 1 is 1.32 bits per heavy atom. The van der Waals surface area contributed by atoms with E-state index in [2.05, 4.69) is 5.10 Å². The van der Waals surface area contributed by atoms with E-state index in [9.17, 15) is 4.79 Å². The number of halogens is 1. The van der Waals surface area contributed by atoms with Crippen LogP contribution in [0.25, 0.3) is 5.69 Å². The number of methoxy groups -OCH3 is 1. The fraction of sp³-hybridized carbons (Fsp3) is 0.286. The summed E-state index contributed by atoms with van der Waals surface area (Å²) in [7, 11) is 1.37. The van der Waals surface area contributed by atoms with E-state index in [4.69, 9.17) is 16.3 Å². The molecular formula is C14H15ClN2O2. The van der Waals surface area contributed by atoms with Gasteiger partial charge < -0.3 is 4.74 Å². The number of aromatic nitrogens is 2. The molecule has 0 unspecified atom stereocenters. The SMILES string of the molecule is COC(=O)c1cnn(-c2ccc(Cl)cc2)c1C(C)C. The minimum absolute atomic E-state index is 0.146. The van der Waals surface area contributed by atoms with Crippen molar-refractivity contribution in [1.82, 2.24) is 9.78 Å². The van der Waals surface area contributed by atoms with Crippen LogP contribution in [0.3, 0.4) is 0 Å². The lowest BCUT2D eigenvalue weighted by Crippen LogP contribution is -2.09. The van der Waals surface area contributed by atoms with Crippen LogP contribution >= 0.6 is 11.6 Å². The van der Waals surface area contributed by atoms with Gasteiger partial charge in [-0.3, -0.25) is 0 Å². The third kappa shape index (κ3) is 2.63. The number of hydrogen-bond donors (Lipinski definition) is 0. The van der Waals surface area contributed by atoms with Crippen molar-refractivity contribution in [2.45, 2.75) is 19.8 Å². The lowest BCUT2D eigenvalue weighted by Gasteiger charge is -2.12. The summed E-state index contributed by atoms with van der Waals surface area (Å²) in [6.45, 7) is 4.02. The van der Waals surface area contributed by atoms with Crippen molar-refractivity contribution in [3.05, 3.63) is 46.7 Å². The number of benzene rings is 1. The number of ether oxygens (including phenoxy) is 1. The van der Waals surface area contributed by atoms with Crippen LogP contribution in [0.15, 0.2) is 30.5 Å². The molecule has 1 heterocycles. The van der Waals surface area contributed by atoms with Gasteiger partial charge in [0.25, 0.3) is 0 Å². The van der Waals surface area contributed by atoms with Gasteiger partial charge in [-0.25, -0.2) is 9.48 Å². The first-order chi connectivity index (χ1) is 9.04. The summed E-state index contributed by atoms with van der Waals surface area (Å²) in [6.07, 6.45) is 1.54. The zero-order chi connectivity index (χ0) is 14.0. The van der Waals surface area contributed by atoms with E-state index in [1.807, 2.05) is 26.0 Å². The van der Waals surface area contributed by atoms with Gasteiger partial charge >= 0.3 is 5.97 Å². The van der Waals surface area contributed by atoms with Crippen LogP contribution in [-0.2, 0) is 4.74 Å². The zero-order valence-corrected chi connectivity index (χ0v) is 11.8. The molecule has 1 aromatic heterocycles. The maximum absolute atomic E-state index is 11.7. The Labute approximate surface area is 116 Å². The van der Waals surface area contributed by atoms with Gasteiger partial charge in [-0.2, -0.15) is 5.10 Å². The maximum Gasteiger partial charge on any atom is 0.341 e. The summed E-state index contributed by atoms with van der Waals surface area (Å²) in [5, 5.41) is 4.94. The standard InChI is InChI=1S/C14H15ClN2O2/c1-9(2)13-12(14(18)19-3)8-16-17(13)11-6-4-10(15)5-7-11/h4-9H,1-3H3. The highest BCUT2D eigenvalue weighted by molar-refractivity contribution is 6.30. The normalized spacial score (nSPS) is 10.8. The monoisotopic (exact) mass is 278 g/mol. The smallest absolute Gasteiger partial charge is 0.341 e. The van der Waals surface area contributed by atoms with E-state index in [1.165, 1.54) is 13.3 Å². The molecule has 0 saturated heterocycles. The maximum atomic E-state index is 11.7. The van der Waals surface area contributed by atoms with Crippen LogP contribution < -0.4 is 0 Å². The van der Waals surface area contributed by atoms with Crippen LogP contribution in [0.1, 0.15) is 35.8 Å². The molecule has 0 aliphatic carbocycles. The molecule has 5 heteroatoms. The first kappa shape index (κ1) is 13.6. The lowest BCUT2D eigenvalue weighted by molar-refractivity contribution is 0.0599. The Balaban J connectivity index is 2.55. The summed E-state index contributed by atoms with van der Waals surface area (Å²) in [6, 6.07) is 7.31. The summed E-state index contributed by atoms with van der Waals surface area (Å²) in [5.74, 6) is -0.226. The van der Waals surface area contributed by atoms with Gasteiger partial charge in [-0.1, -0.05) is 25.4 Å². The van der Waals surface area contributed by atoms with Gasteiger partial charge in [0.1, 0.15) is 5.56 Å². The zero-order valence-electron chi connectivity index (χ0n) is 11.1. The average Bonchev–Trinajstić information content (AvgIpc) is 2.83. The third-order valence-corrected chi connectivity index (χ3v) is 3.08. The van der Waals surface area contributed by atoms with Crippen LogP contribution in [0.5, 0.6) is 0 Å². The van der Waals surface area contributed by atoms with Crippen molar-refractivity contribution < 1.29 is 9.53 Å². The van der Waals surface area contributed by atoms with Gasteiger partial charge in [0.15, 0.2) is 0 Å². The molecule has 0 fully saturated rings. The molecule has 0 spiro atoms. The number of carbonyl (C=O) groups is 1. The molecule has 2 aromatic rings. The minimum atomic E-state index is -0.371. The lowest BCUT2D eigenvalue weighted by atomic mass is 10.1. The van der Waals surface area contributed by atoms with E-state index in [0.717, 1.165) is 11.4 Å². The Kier molecular flexibility index (Phi) is 3.90. The highest BCUT2D eigenvalue weighted by atomic mass is 35.5. The predicted octanol–water partition coefficient (Wildman–Crippen LogP) is 3.44. The number of nitrogens with zero attached hydrogens (tertiary/aromatic N) is 2. The highest BCUT2D eigenvalue weighted by Crippen LogP contribution is 2.24. The minimum Gasteiger partial charge on any atom is -0.465 e. The van der Waals surface area contributed by atoms with Gasteiger partial charge in [0.2, 0.25) is 0 Å². The first-order valence-corrected chi connectivity index (χ1v) is 6.34. The first-order valence-electron chi connectivity index (χ1n) is 5.96. The fourth-order valence-corrected chi connectivity index (χ4v) is 2.09. The number of hydrogen-bond acceptors (Lipinski definition) is 3. The Bertz CT molecular complexity index is 588. The molecular weight excluding hydrogens is 264 g/mol. The van der Waals surface area contributed by atoms with E-state index in [1.54, 1.807) is 16.8 Å². The molecule has 0 amide bonds. The van der Waals surface area contributed by atoms with Crippen LogP contribution in [0, 0.1) is 0 Å². The molecule has 0 atom stereocenters. The molecule has 0 bridgehead atoms. The van der Waals surface area contributed by atoms with Crippen LogP contribution in [0.4, 0.5) is 0 Å². The molecule has 2 rings (SSSR count). The fourth-order valence-electron chi connectivity index (χ4n) is 1.97. The Morgan fingerprint density at radius 2 is 1.95 bits per heavy atom. The van der Waals surface area contributed by atoms with E-state index >= 15 is 0 Å². The Morgan fingerprint density at radius 3 is 2.47 bits per heavy atom. The summed E-state index contributed by atoms with van der Waals surface area (Å²) >= 11 is 5.88. The molecule has 0 N–H and O–H groups in total. The second-order valence-electron chi connectivity index (χ2n) is 4.48. The summed E-state index contributed by atoms with van der Waals surface area (Å²) < 4.78 is 6.53. The number of esters is 1. The molecule has 0 aliphatic rings. The average molecular weight is 279 g/mol. The van der Waals surface area contributed by atoms with Crippen LogP contribution in [0.2, 0.25) is 5.02 Å². The van der Waals surface area contributed by atoms with Gasteiger partial charge in [0.05, 0.1) is 24.7 Å². The quantitative estimate of drug-likeness (QED) is 0.808. The van der Waals surface area contributed by atoms with Crippen molar-refractivity contribution in [3.63, 3.8) is 0 Å². The topological polar surface area (TPSA) is 44.1 Å². The van der Waals surface area contributed by atoms with Crippen molar-refractivity contribution in [2.75, 3.05) is 7.11 Å². The molecule has 19 heavy (non-hydrogen) atoms. The molecule has 4 nitrogen and oxygen atoms in total. The van der Waals surface area contributed by atoms with Gasteiger partial charge in [-0.05, 0) is 30.2 Å². The summed E-state index contributed by atoms with van der Waals surface area (Å²) in [5.41, 5.74) is 2.19. The molecule has 100 valence electrons. The Hall–Kier alpha value is -1.81. The highest BCUT2D eigenvalue weighted by Gasteiger charge is 2.21.